The summed E-state index contributed by atoms with van der Waals surface area (Å²) < 4.78 is 15.1. The van der Waals surface area contributed by atoms with Crippen LogP contribution in [0.2, 0.25) is 0 Å². The SMILES string of the molecule is CCc1c(F)cc(I)cc1I. The standard InChI is InChI=1S/C8H7FI2/c1-2-6-7(9)3-5(10)4-8(6)11/h3-4H,2H2,1H3. The highest BCUT2D eigenvalue weighted by Crippen LogP contribution is 2.19. The Bertz CT molecular complexity index is 248. The molecule has 0 heterocycles. The van der Waals surface area contributed by atoms with E-state index in [2.05, 4.69) is 45.2 Å². The fraction of sp³-hybridized carbons (Fsp3) is 0.250. The Hall–Kier alpha value is 0.610. The van der Waals surface area contributed by atoms with E-state index in [1.165, 1.54) is 0 Å². The van der Waals surface area contributed by atoms with Crippen molar-refractivity contribution in [1.29, 1.82) is 0 Å². The first-order valence-electron chi connectivity index (χ1n) is 3.28. The minimum Gasteiger partial charge on any atom is -0.207 e. The van der Waals surface area contributed by atoms with Crippen LogP contribution in [0.3, 0.4) is 0 Å². The van der Waals surface area contributed by atoms with Gasteiger partial charge in [-0.05, 0) is 63.7 Å². The predicted octanol–water partition coefficient (Wildman–Crippen LogP) is 3.60. The van der Waals surface area contributed by atoms with Crippen molar-refractivity contribution in [2.75, 3.05) is 0 Å². The molecule has 3 heteroatoms. The summed E-state index contributed by atoms with van der Waals surface area (Å²) >= 11 is 4.29. The first-order chi connectivity index (χ1) is 5.15. The van der Waals surface area contributed by atoms with E-state index in [0.717, 1.165) is 19.1 Å². The molecule has 0 aliphatic carbocycles. The molecule has 0 aliphatic heterocycles. The van der Waals surface area contributed by atoms with Crippen LogP contribution >= 0.6 is 45.2 Å². The summed E-state index contributed by atoms with van der Waals surface area (Å²) in [6, 6.07) is 3.56. The Labute approximate surface area is 92.9 Å². The van der Waals surface area contributed by atoms with Crippen molar-refractivity contribution in [1.82, 2.24) is 0 Å². The normalized spacial score (nSPS) is 10.2. The molecule has 0 saturated heterocycles. The van der Waals surface area contributed by atoms with Gasteiger partial charge < -0.3 is 0 Å². The largest absolute Gasteiger partial charge is 0.207 e. The van der Waals surface area contributed by atoms with E-state index < -0.39 is 0 Å². The topological polar surface area (TPSA) is 0 Å². The molecule has 0 amide bonds. The third kappa shape index (κ3) is 2.27. The van der Waals surface area contributed by atoms with Gasteiger partial charge in [-0.2, -0.15) is 0 Å². The smallest absolute Gasteiger partial charge is 0.128 e. The molecule has 1 aromatic rings. The van der Waals surface area contributed by atoms with E-state index in [-0.39, 0.29) is 5.82 Å². The minimum atomic E-state index is -0.0798. The molecule has 0 unspecified atom stereocenters. The van der Waals surface area contributed by atoms with Crippen LogP contribution in [-0.2, 0) is 6.42 Å². The molecule has 0 saturated carbocycles. The van der Waals surface area contributed by atoms with E-state index in [1.54, 1.807) is 6.07 Å². The van der Waals surface area contributed by atoms with Gasteiger partial charge in [0.1, 0.15) is 5.82 Å². The van der Waals surface area contributed by atoms with Crippen LogP contribution in [0.15, 0.2) is 12.1 Å². The van der Waals surface area contributed by atoms with E-state index in [1.807, 2.05) is 13.0 Å². The van der Waals surface area contributed by atoms with Crippen molar-refractivity contribution in [3.8, 4) is 0 Å². The Kier molecular flexibility index (Phi) is 3.54. The van der Waals surface area contributed by atoms with Crippen LogP contribution in [0.4, 0.5) is 4.39 Å². The van der Waals surface area contributed by atoms with Crippen molar-refractivity contribution in [3.05, 3.63) is 30.7 Å². The van der Waals surface area contributed by atoms with Crippen LogP contribution in [-0.4, -0.2) is 0 Å². The molecule has 0 atom stereocenters. The van der Waals surface area contributed by atoms with E-state index in [4.69, 9.17) is 0 Å². The maximum absolute atomic E-state index is 13.1. The summed E-state index contributed by atoms with van der Waals surface area (Å²) in [5, 5.41) is 0. The lowest BCUT2D eigenvalue weighted by molar-refractivity contribution is 0.609. The Morgan fingerprint density at radius 2 is 2.00 bits per heavy atom. The molecule has 11 heavy (non-hydrogen) atoms. The molecule has 0 fully saturated rings. The molecule has 60 valence electrons. The third-order valence-electron chi connectivity index (χ3n) is 1.46. The molecule has 1 rings (SSSR count). The van der Waals surface area contributed by atoms with Gasteiger partial charge >= 0.3 is 0 Å². The van der Waals surface area contributed by atoms with Crippen molar-refractivity contribution >= 4 is 45.2 Å². The minimum absolute atomic E-state index is 0.0798. The summed E-state index contributed by atoms with van der Waals surface area (Å²) in [5.41, 5.74) is 0.825. The molecular weight excluding hydrogens is 369 g/mol. The van der Waals surface area contributed by atoms with Crippen molar-refractivity contribution in [2.24, 2.45) is 0 Å². The first-order valence-corrected chi connectivity index (χ1v) is 5.44. The first kappa shape index (κ1) is 9.70. The molecular formula is C8H7FI2. The zero-order chi connectivity index (χ0) is 8.43. The second-order valence-corrected chi connectivity index (χ2v) is 4.61. The fourth-order valence-electron chi connectivity index (χ4n) is 0.910. The Balaban J connectivity index is 3.25. The second-order valence-electron chi connectivity index (χ2n) is 2.20. The molecule has 0 radical (unpaired) electrons. The lowest BCUT2D eigenvalue weighted by Crippen LogP contribution is -1.92. The summed E-state index contributed by atoms with van der Waals surface area (Å²) in [6.45, 7) is 1.97. The number of benzene rings is 1. The fourth-order valence-corrected chi connectivity index (χ4v) is 3.07. The van der Waals surface area contributed by atoms with Gasteiger partial charge in [-0.15, -0.1) is 0 Å². The summed E-state index contributed by atoms with van der Waals surface area (Å²) in [7, 11) is 0. The van der Waals surface area contributed by atoms with Gasteiger partial charge in [0.2, 0.25) is 0 Å². The quantitative estimate of drug-likeness (QED) is 0.658. The highest BCUT2D eigenvalue weighted by molar-refractivity contribution is 14.1. The zero-order valence-corrected chi connectivity index (χ0v) is 10.3. The van der Waals surface area contributed by atoms with E-state index in [9.17, 15) is 4.39 Å². The molecule has 0 N–H and O–H groups in total. The van der Waals surface area contributed by atoms with Gasteiger partial charge in [-0.3, -0.25) is 0 Å². The van der Waals surface area contributed by atoms with Crippen LogP contribution in [0.1, 0.15) is 12.5 Å². The van der Waals surface area contributed by atoms with Crippen LogP contribution in [0, 0.1) is 13.0 Å². The van der Waals surface area contributed by atoms with Crippen LogP contribution < -0.4 is 0 Å². The third-order valence-corrected chi connectivity index (χ3v) is 3.04. The second kappa shape index (κ2) is 4.02. The number of halogens is 3. The average molecular weight is 376 g/mol. The van der Waals surface area contributed by atoms with Gasteiger partial charge in [0, 0.05) is 12.7 Å². The number of hydrogen-bond acceptors (Lipinski definition) is 0. The van der Waals surface area contributed by atoms with Crippen molar-refractivity contribution < 1.29 is 4.39 Å². The van der Waals surface area contributed by atoms with Gasteiger partial charge in [0.25, 0.3) is 0 Å². The summed E-state index contributed by atoms with van der Waals surface area (Å²) in [4.78, 5) is 0. The number of hydrogen-bond donors (Lipinski definition) is 0. The maximum Gasteiger partial charge on any atom is 0.128 e. The van der Waals surface area contributed by atoms with Crippen LogP contribution in [0.5, 0.6) is 0 Å². The average Bonchev–Trinajstić information content (AvgIpc) is 1.85. The number of rotatable bonds is 1. The maximum atomic E-state index is 13.1. The van der Waals surface area contributed by atoms with Gasteiger partial charge in [0.15, 0.2) is 0 Å². The predicted molar refractivity (Wildman–Crippen MR) is 61.2 cm³/mol. The van der Waals surface area contributed by atoms with Crippen LogP contribution in [0.25, 0.3) is 0 Å². The molecule has 0 aliphatic rings. The van der Waals surface area contributed by atoms with Gasteiger partial charge in [-0.1, -0.05) is 6.92 Å². The van der Waals surface area contributed by atoms with Crippen molar-refractivity contribution in [3.63, 3.8) is 0 Å². The van der Waals surface area contributed by atoms with Gasteiger partial charge in [0.05, 0.1) is 0 Å². The monoisotopic (exact) mass is 376 g/mol. The summed E-state index contributed by atoms with van der Waals surface area (Å²) in [5.74, 6) is -0.0798. The van der Waals surface area contributed by atoms with Crippen molar-refractivity contribution in [2.45, 2.75) is 13.3 Å². The molecule has 0 spiro atoms. The Morgan fingerprint density at radius 3 is 2.45 bits per heavy atom. The Morgan fingerprint density at radius 1 is 1.36 bits per heavy atom. The highest BCUT2D eigenvalue weighted by atomic mass is 127. The summed E-state index contributed by atoms with van der Waals surface area (Å²) in [6.07, 6.45) is 0.765. The van der Waals surface area contributed by atoms with Gasteiger partial charge in [-0.25, -0.2) is 4.39 Å². The van der Waals surface area contributed by atoms with E-state index in [0.29, 0.717) is 0 Å². The molecule has 0 bridgehead atoms. The molecule has 0 aromatic heterocycles. The molecule has 0 nitrogen and oxygen atoms in total. The lowest BCUT2D eigenvalue weighted by Gasteiger charge is -2.02. The lowest BCUT2D eigenvalue weighted by atomic mass is 10.2. The van der Waals surface area contributed by atoms with E-state index >= 15 is 0 Å². The highest BCUT2D eigenvalue weighted by Gasteiger charge is 2.05. The zero-order valence-electron chi connectivity index (χ0n) is 6.00. The molecule has 1 aromatic carbocycles.